The molecule has 0 fully saturated rings. The summed E-state index contributed by atoms with van der Waals surface area (Å²) in [6.45, 7) is 5.86. The monoisotopic (exact) mass is 271 g/mol. The summed E-state index contributed by atoms with van der Waals surface area (Å²) in [6.07, 6.45) is 1.53. The predicted octanol–water partition coefficient (Wildman–Crippen LogP) is 3.74. The van der Waals surface area contributed by atoms with Gasteiger partial charge in [-0.2, -0.15) is 0 Å². The number of hydrogen-bond donors (Lipinski definition) is 1. The van der Waals surface area contributed by atoms with Crippen LogP contribution in [0.2, 0.25) is 0 Å². The zero-order valence-corrected chi connectivity index (χ0v) is 11.6. The van der Waals surface area contributed by atoms with Crippen molar-refractivity contribution in [3.63, 3.8) is 0 Å². The molecular formula is C14H19F2NO2. The van der Waals surface area contributed by atoms with Crippen LogP contribution in [0.5, 0.6) is 0 Å². The third-order valence-electron chi connectivity index (χ3n) is 3.48. The van der Waals surface area contributed by atoms with Crippen molar-refractivity contribution in [3.05, 3.63) is 29.3 Å². The molecule has 0 amide bonds. The fraction of sp³-hybridized carbons (Fsp3) is 0.500. The second kappa shape index (κ2) is 5.99. The van der Waals surface area contributed by atoms with E-state index < -0.39 is 23.2 Å². The van der Waals surface area contributed by atoms with Gasteiger partial charge >= 0.3 is 5.97 Å². The third kappa shape index (κ3) is 3.22. The van der Waals surface area contributed by atoms with Crippen LogP contribution in [0.3, 0.4) is 0 Å². The molecule has 0 aromatic heterocycles. The number of ether oxygens (including phenoxy) is 1. The summed E-state index contributed by atoms with van der Waals surface area (Å²) in [7, 11) is 1.12. The molecule has 0 spiro atoms. The van der Waals surface area contributed by atoms with Crippen molar-refractivity contribution in [1.82, 2.24) is 0 Å². The highest BCUT2D eigenvalue weighted by atomic mass is 19.2. The summed E-state index contributed by atoms with van der Waals surface area (Å²) in [5, 5.41) is 2.98. The van der Waals surface area contributed by atoms with Crippen molar-refractivity contribution in [3.8, 4) is 0 Å². The van der Waals surface area contributed by atoms with Gasteiger partial charge in [-0.05, 0) is 31.9 Å². The van der Waals surface area contributed by atoms with Crippen LogP contribution in [0.4, 0.5) is 14.5 Å². The third-order valence-corrected chi connectivity index (χ3v) is 3.48. The van der Waals surface area contributed by atoms with Gasteiger partial charge in [0.05, 0.1) is 18.4 Å². The van der Waals surface area contributed by atoms with Crippen molar-refractivity contribution in [1.29, 1.82) is 0 Å². The number of carbonyl (C=O) groups excluding carboxylic acids is 1. The first-order valence-corrected chi connectivity index (χ1v) is 6.23. The minimum atomic E-state index is -1.19. The van der Waals surface area contributed by atoms with Crippen LogP contribution in [-0.4, -0.2) is 18.6 Å². The van der Waals surface area contributed by atoms with E-state index in [9.17, 15) is 13.6 Å². The molecule has 0 unspecified atom stereocenters. The predicted molar refractivity (Wildman–Crippen MR) is 70.3 cm³/mol. The molecule has 0 radical (unpaired) electrons. The van der Waals surface area contributed by atoms with E-state index in [-0.39, 0.29) is 11.2 Å². The standard InChI is InChI=1S/C14H19F2NO2/c1-5-14(3,6-2)17-10-8-7-9(13(18)19-4)11(15)12(10)16/h7-8,17H,5-6H2,1-4H3. The van der Waals surface area contributed by atoms with Gasteiger partial charge in [0, 0.05) is 5.54 Å². The van der Waals surface area contributed by atoms with Gasteiger partial charge in [0.1, 0.15) is 0 Å². The highest BCUT2D eigenvalue weighted by Crippen LogP contribution is 2.26. The van der Waals surface area contributed by atoms with E-state index >= 15 is 0 Å². The first kappa shape index (κ1) is 15.4. The Bertz CT molecular complexity index is 471. The van der Waals surface area contributed by atoms with E-state index in [4.69, 9.17) is 0 Å². The first-order chi connectivity index (χ1) is 8.88. The van der Waals surface area contributed by atoms with Crippen molar-refractivity contribution in [2.45, 2.75) is 39.2 Å². The Morgan fingerprint density at radius 1 is 1.26 bits per heavy atom. The molecule has 1 N–H and O–H groups in total. The Kier molecular flexibility index (Phi) is 4.86. The van der Waals surface area contributed by atoms with Crippen LogP contribution in [0.1, 0.15) is 44.0 Å². The number of carbonyl (C=O) groups is 1. The molecule has 1 aromatic rings. The molecule has 0 aliphatic rings. The van der Waals surface area contributed by atoms with Crippen molar-refractivity contribution in [2.24, 2.45) is 0 Å². The van der Waals surface area contributed by atoms with E-state index in [2.05, 4.69) is 10.1 Å². The SMILES string of the molecule is CCC(C)(CC)Nc1ccc(C(=O)OC)c(F)c1F. The quantitative estimate of drug-likeness (QED) is 0.829. The van der Waals surface area contributed by atoms with Crippen LogP contribution in [-0.2, 0) is 4.74 Å². The fourth-order valence-electron chi connectivity index (χ4n) is 1.67. The maximum atomic E-state index is 13.9. The van der Waals surface area contributed by atoms with Gasteiger partial charge in [-0.1, -0.05) is 13.8 Å². The lowest BCUT2D eigenvalue weighted by molar-refractivity contribution is 0.0594. The topological polar surface area (TPSA) is 38.3 Å². The number of hydrogen-bond acceptors (Lipinski definition) is 3. The van der Waals surface area contributed by atoms with Gasteiger partial charge in [0.2, 0.25) is 0 Å². The van der Waals surface area contributed by atoms with E-state index in [0.29, 0.717) is 0 Å². The van der Waals surface area contributed by atoms with Crippen molar-refractivity contribution in [2.75, 3.05) is 12.4 Å². The average molecular weight is 271 g/mol. The molecule has 0 bridgehead atoms. The second-order valence-corrected chi connectivity index (χ2v) is 4.67. The molecule has 1 aromatic carbocycles. The summed E-state index contributed by atoms with van der Waals surface area (Å²) in [4.78, 5) is 11.2. The summed E-state index contributed by atoms with van der Waals surface area (Å²) >= 11 is 0. The molecule has 3 nitrogen and oxygen atoms in total. The van der Waals surface area contributed by atoms with Gasteiger partial charge in [-0.15, -0.1) is 0 Å². The molecule has 0 saturated carbocycles. The number of halogens is 2. The highest BCUT2D eigenvalue weighted by Gasteiger charge is 2.24. The summed E-state index contributed by atoms with van der Waals surface area (Å²) < 4.78 is 32.1. The number of rotatable bonds is 5. The lowest BCUT2D eigenvalue weighted by Gasteiger charge is -2.29. The smallest absolute Gasteiger partial charge is 0.340 e. The van der Waals surface area contributed by atoms with Gasteiger partial charge in [-0.25, -0.2) is 13.6 Å². The average Bonchev–Trinajstić information content (AvgIpc) is 2.43. The van der Waals surface area contributed by atoms with E-state index in [1.54, 1.807) is 0 Å². The molecule has 19 heavy (non-hydrogen) atoms. The lowest BCUT2D eigenvalue weighted by Crippen LogP contribution is -2.33. The van der Waals surface area contributed by atoms with Crippen LogP contribution >= 0.6 is 0 Å². The van der Waals surface area contributed by atoms with Gasteiger partial charge in [0.15, 0.2) is 11.6 Å². The Labute approximate surface area is 112 Å². The zero-order valence-electron chi connectivity index (χ0n) is 11.6. The molecule has 5 heteroatoms. The van der Waals surface area contributed by atoms with Crippen molar-refractivity contribution < 1.29 is 18.3 Å². The number of esters is 1. The molecular weight excluding hydrogens is 252 g/mol. The maximum Gasteiger partial charge on any atom is 0.340 e. The Morgan fingerprint density at radius 3 is 2.32 bits per heavy atom. The first-order valence-electron chi connectivity index (χ1n) is 6.23. The van der Waals surface area contributed by atoms with Gasteiger partial charge in [0.25, 0.3) is 0 Å². The summed E-state index contributed by atoms with van der Waals surface area (Å²) in [5.74, 6) is -3.14. The maximum absolute atomic E-state index is 13.9. The van der Waals surface area contributed by atoms with Crippen LogP contribution in [0.15, 0.2) is 12.1 Å². The minimum Gasteiger partial charge on any atom is -0.465 e. The number of nitrogens with one attached hydrogen (secondary N) is 1. The Hall–Kier alpha value is -1.65. The van der Waals surface area contributed by atoms with Crippen molar-refractivity contribution >= 4 is 11.7 Å². The largest absolute Gasteiger partial charge is 0.465 e. The molecule has 0 saturated heterocycles. The molecule has 0 heterocycles. The molecule has 106 valence electrons. The zero-order chi connectivity index (χ0) is 14.6. The van der Waals surface area contributed by atoms with Gasteiger partial charge < -0.3 is 10.1 Å². The number of benzene rings is 1. The van der Waals surface area contributed by atoms with Crippen LogP contribution in [0, 0.1) is 11.6 Å². The van der Waals surface area contributed by atoms with Crippen LogP contribution < -0.4 is 5.32 Å². The number of methoxy groups -OCH3 is 1. The number of anilines is 1. The highest BCUT2D eigenvalue weighted by molar-refractivity contribution is 5.90. The summed E-state index contributed by atoms with van der Waals surface area (Å²) in [6, 6.07) is 2.58. The lowest BCUT2D eigenvalue weighted by atomic mass is 9.95. The van der Waals surface area contributed by atoms with Gasteiger partial charge in [-0.3, -0.25) is 0 Å². The molecule has 1 rings (SSSR count). The Balaban J connectivity index is 3.13. The van der Waals surface area contributed by atoms with Crippen LogP contribution in [0.25, 0.3) is 0 Å². The van der Waals surface area contributed by atoms with E-state index in [1.807, 2.05) is 20.8 Å². The minimum absolute atomic E-state index is 0.0522. The second-order valence-electron chi connectivity index (χ2n) is 4.67. The summed E-state index contributed by atoms with van der Waals surface area (Å²) in [5.41, 5.74) is -0.670. The fourth-order valence-corrected chi connectivity index (χ4v) is 1.67. The Morgan fingerprint density at radius 2 is 1.84 bits per heavy atom. The molecule has 0 atom stereocenters. The molecule has 0 aliphatic carbocycles. The normalized spacial score (nSPS) is 11.3. The van der Waals surface area contributed by atoms with E-state index in [1.165, 1.54) is 12.1 Å². The molecule has 0 aliphatic heterocycles. The van der Waals surface area contributed by atoms with E-state index in [0.717, 1.165) is 20.0 Å².